The van der Waals surface area contributed by atoms with E-state index in [2.05, 4.69) is 10.5 Å². The van der Waals surface area contributed by atoms with Gasteiger partial charge in [0.2, 0.25) is 0 Å². The van der Waals surface area contributed by atoms with Gasteiger partial charge in [0.25, 0.3) is 5.91 Å². The zero-order valence-corrected chi connectivity index (χ0v) is 11.2. The Morgan fingerprint density at radius 2 is 2.32 bits per heavy atom. The number of nitrogens with one attached hydrogen (secondary N) is 1. The maximum atomic E-state index is 11.9. The van der Waals surface area contributed by atoms with E-state index in [1.807, 2.05) is 31.1 Å². The number of likely N-dealkylation sites (N-methyl/N-ethyl adjacent to an activating group) is 1. The van der Waals surface area contributed by atoms with Crippen molar-refractivity contribution in [3.63, 3.8) is 0 Å². The summed E-state index contributed by atoms with van der Waals surface area (Å²) in [5, 5.41) is 6.50. The fraction of sp³-hybridized carbons (Fsp3) is 0.385. The Morgan fingerprint density at radius 3 is 2.84 bits per heavy atom. The van der Waals surface area contributed by atoms with Crippen LogP contribution in [0, 0.1) is 6.92 Å². The zero-order chi connectivity index (χ0) is 13.8. The molecule has 0 bridgehead atoms. The molecule has 0 fully saturated rings. The molecule has 0 aliphatic rings. The topological polar surface area (TPSA) is 71.5 Å². The molecular weight excluding hydrogens is 246 g/mol. The van der Waals surface area contributed by atoms with Crippen LogP contribution in [0.2, 0.25) is 0 Å². The van der Waals surface area contributed by atoms with Crippen LogP contribution < -0.4 is 5.32 Å². The van der Waals surface area contributed by atoms with Crippen LogP contribution in [-0.4, -0.2) is 36.6 Å². The fourth-order valence-corrected chi connectivity index (χ4v) is 1.77. The molecule has 0 aliphatic carbocycles. The van der Waals surface area contributed by atoms with Crippen molar-refractivity contribution >= 4 is 5.91 Å². The number of amides is 1. The predicted octanol–water partition coefficient (Wildman–Crippen LogP) is 1.61. The minimum absolute atomic E-state index is 0.0213. The van der Waals surface area contributed by atoms with Crippen LogP contribution in [0.5, 0.6) is 0 Å². The first-order valence-corrected chi connectivity index (χ1v) is 5.99. The molecule has 2 heterocycles. The maximum absolute atomic E-state index is 11.9. The number of furan rings is 1. The number of carbonyl (C=O) groups excluding carboxylic acids is 1. The first-order chi connectivity index (χ1) is 9.08. The van der Waals surface area contributed by atoms with Crippen LogP contribution in [0.1, 0.15) is 28.1 Å². The SMILES string of the molecule is Cc1cc(C(=O)NC[C@H](c2ccco2)N(C)C)no1. The van der Waals surface area contributed by atoms with Gasteiger partial charge in [0.05, 0.1) is 12.3 Å². The molecule has 2 rings (SSSR count). The van der Waals surface area contributed by atoms with Gasteiger partial charge in [0.15, 0.2) is 5.69 Å². The molecule has 6 nitrogen and oxygen atoms in total. The van der Waals surface area contributed by atoms with Gasteiger partial charge >= 0.3 is 0 Å². The lowest BCUT2D eigenvalue weighted by atomic mass is 10.2. The number of hydrogen-bond donors (Lipinski definition) is 1. The second-order valence-corrected chi connectivity index (χ2v) is 4.53. The molecule has 0 saturated carbocycles. The van der Waals surface area contributed by atoms with Gasteiger partial charge in [-0.25, -0.2) is 0 Å². The van der Waals surface area contributed by atoms with Crippen molar-refractivity contribution < 1.29 is 13.7 Å². The molecule has 0 saturated heterocycles. The summed E-state index contributed by atoms with van der Waals surface area (Å²) in [6.07, 6.45) is 1.62. The van der Waals surface area contributed by atoms with Crippen LogP contribution in [0.25, 0.3) is 0 Å². The minimum atomic E-state index is -0.254. The smallest absolute Gasteiger partial charge is 0.273 e. The molecule has 1 atom stereocenters. The Balaban J connectivity index is 1.98. The average molecular weight is 263 g/mol. The lowest BCUT2D eigenvalue weighted by molar-refractivity contribution is 0.0930. The maximum Gasteiger partial charge on any atom is 0.273 e. The van der Waals surface area contributed by atoms with Gasteiger partial charge in [0.1, 0.15) is 11.5 Å². The van der Waals surface area contributed by atoms with Crippen LogP contribution in [0.15, 0.2) is 33.4 Å². The summed E-state index contributed by atoms with van der Waals surface area (Å²) >= 11 is 0. The van der Waals surface area contributed by atoms with Crippen molar-refractivity contribution in [2.75, 3.05) is 20.6 Å². The molecule has 1 amide bonds. The molecule has 102 valence electrons. The highest BCUT2D eigenvalue weighted by molar-refractivity contribution is 5.92. The monoisotopic (exact) mass is 263 g/mol. The highest BCUT2D eigenvalue weighted by Crippen LogP contribution is 2.17. The van der Waals surface area contributed by atoms with Gasteiger partial charge in [-0.1, -0.05) is 5.16 Å². The van der Waals surface area contributed by atoms with Crippen molar-refractivity contribution in [3.8, 4) is 0 Å². The van der Waals surface area contributed by atoms with E-state index in [0.717, 1.165) is 5.76 Å². The summed E-state index contributed by atoms with van der Waals surface area (Å²) in [7, 11) is 3.86. The van der Waals surface area contributed by atoms with Crippen LogP contribution >= 0.6 is 0 Å². The Bertz CT molecular complexity index is 531. The van der Waals surface area contributed by atoms with Crippen LogP contribution in [-0.2, 0) is 0 Å². The van der Waals surface area contributed by atoms with E-state index in [9.17, 15) is 4.79 Å². The van der Waals surface area contributed by atoms with E-state index in [1.165, 1.54) is 0 Å². The third-order valence-electron chi connectivity index (χ3n) is 2.81. The minimum Gasteiger partial charge on any atom is -0.468 e. The van der Waals surface area contributed by atoms with Gasteiger partial charge in [0, 0.05) is 12.6 Å². The molecule has 0 aliphatic heterocycles. The number of aromatic nitrogens is 1. The van der Waals surface area contributed by atoms with Crippen LogP contribution in [0.4, 0.5) is 0 Å². The number of aryl methyl sites for hydroxylation is 1. The highest BCUT2D eigenvalue weighted by Gasteiger charge is 2.19. The number of rotatable bonds is 5. The van der Waals surface area contributed by atoms with E-state index >= 15 is 0 Å². The third kappa shape index (κ3) is 3.23. The molecule has 6 heteroatoms. The second-order valence-electron chi connectivity index (χ2n) is 4.53. The molecule has 1 N–H and O–H groups in total. The van der Waals surface area contributed by atoms with Crippen molar-refractivity contribution in [2.24, 2.45) is 0 Å². The summed E-state index contributed by atoms with van der Waals surface area (Å²) < 4.78 is 10.2. The molecular formula is C13H17N3O3. The Kier molecular flexibility index (Phi) is 4.01. The van der Waals surface area contributed by atoms with Crippen molar-refractivity contribution in [3.05, 3.63) is 41.7 Å². The third-order valence-corrected chi connectivity index (χ3v) is 2.81. The summed E-state index contributed by atoms with van der Waals surface area (Å²) in [5.74, 6) is 1.16. The van der Waals surface area contributed by atoms with Crippen molar-refractivity contribution in [1.82, 2.24) is 15.4 Å². The van der Waals surface area contributed by atoms with Gasteiger partial charge in [-0.05, 0) is 33.2 Å². The first-order valence-electron chi connectivity index (χ1n) is 5.99. The lowest BCUT2D eigenvalue weighted by Crippen LogP contribution is -2.34. The second kappa shape index (κ2) is 5.71. The van der Waals surface area contributed by atoms with Crippen LogP contribution in [0.3, 0.4) is 0 Å². The highest BCUT2D eigenvalue weighted by atomic mass is 16.5. The molecule has 2 aromatic heterocycles. The first kappa shape index (κ1) is 13.4. The van der Waals surface area contributed by atoms with Gasteiger partial charge in [-0.3, -0.25) is 9.69 Å². The quantitative estimate of drug-likeness (QED) is 0.887. The molecule has 0 aromatic carbocycles. The molecule has 0 spiro atoms. The van der Waals surface area contributed by atoms with E-state index < -0.39 is 0 Å². The largest absolute Gasteiger partial charge is 0.468 e. The summed E-state index contributed by atoms with van der Waals surface area (Å²) in [6.45, 7) is 2.18. The number of hydrogen-bond acceptors (Lipinski definition) is 5. The van der Waals surface area contributed by atoms with E-state index in [4.69, 9.17) is 8.94 Å². The zero-order valence-electron chi connectivity index (χ0n) is 11.2. The Morgan fingerprint density at radius 1 is 1.53 bits per heavy atom. The van der Waals surface area contributed by atoms with Gasteiger partial charge in [-0.2, -0.15) is 0 Å². The Hall–Kier alpha value is -2.08. The fourth-order valence-electron chi connectivity index (χ4n) is 1.77. The van der Waals surface area contributed by atoms with E-state index in [0.29, 0.717) is 12.3 Å². The summed E-state index contributed by atoms with van der Waals surface area (Å²) in [5.41, 5.74) is 0.287. The standard InChI is InChI=1S/C13H17N3O3/c1-9-7-10(15-19-9)13(17)14-8-11(16(2)3)12-5-4-6-18-12/h4-7,11H,8H2,1-3H3,(H,14,17)/t11-/m1/s1. The Labute approximate surface area is 111 Å². The van der Waals surface area contributed by atoms with Gasteiger partial charge in [-0.15, -0.1) is 0 Å². The number of carbonyl (C=O) groups is 1. The average Bonchev–Trinajstić information content (AvgIpc) is 3.00. The van der Waals surface area contributed by atoms with Crippen molar-refractivity contribution in [1.29, 1.82) is 0 Å². The van der Waals surface area contributed by atoms with E-state index in [1.54, 1.807) is 19.3 Å². The molecule has 19 heavy (non-hydrogen) atoms. The lowest BCUT2D eigenvalue weighted by Gasteiger charge is -2.22. The molecule has 0 unspecified atom stereocenters. The van der Waals surface area contributed by atoms with E-state index in [-0.39, 0.29) is 17.6 Å². The van der Waals surface area contributed by atoms with Gasteiger partial charge < -0.3 is 14.3 Å². The number of nitrogens with zero attached hydrogens (tertiary/aromatic N) is 2. The summed E-state index contributed by atoms with van der Waals surface area (Å²) in [6, 6.07) is 5.30. The molecule has 0 radical (unpaired) electrons. The molecule has 2 aromatic rings. The summed E-state index contributed by atoms with van der Waals surface area (Å²) in [4.78, 5) is 13.9. The normalized spacial score (nSPS) is 12.6. The predicted molar refractivity (Wildman–Crippen MR) is 68.7 cm³/mol. The van der Waals surface area contributed by atoms with Crippen molar-refractivity contribution in [2.45, 2.75) is 13.0 Å².